The van der Waals surface area contributed by atoms with E-state index in [9.17, 15) is 4.79 Å². The van der Waals surface area contributed by atoms with E-state index in [0.29, 0.717) is 28.1 Å². The minimum atomic E-state index is -0.524. The number of ether oxygens (including phenoxy) is 3. The summed E-state index contributed by atoms with van der Waals surface area (Å²) in [7, 11) is 4.46. The summed E-state index contributed by atoms with van der Waals surface area (Å²) in [6.45, 7) is 1.92. The first-order valence-electron chi connectivity index (χ1n) is 7.92. The molecule has 0 amide bonds. The van der Waals surface area contributed by atoms with Crippen LogP contribution in [0.25, 0.3) is 5.69 Å². The molecule has 0 N–H and O–H groups in total. The number of carbonyl (C=O) groups is 1. The summed E-state index contributed by atoms with van der Waals surface area (Å²) in [5.74, 6) is 1.48. The van der Waals surface area contributed by atoms with E-state index < -0.39 is 5.97 Å². The average molecular weight is 390 g/mol. The Kier molecular flexibility index (Phi) is 5.65. The van der Waals surface area contributed by atoms with E-state index in [0.717, 1.165) is 0 Å². The molecule has 10 heteroatoms. The van der Waals surface area contributed by atoms with Crippen LogP contribution in [0.5, 0.6) is 11.5 Å². The number of hydrogen-bond acceptors (Lipinski definition) is 9. The maximum atomic E-state index is 11.6. The lowest BCUT2D eigenvalue weighted by molar-refractivity contribution is 0.0563. The van der Waals surface area contributed by atoms with E-state index in [1.165, 1.54) is 18.9 Å². The number of carbonyl (C=O) groups excluding carboxylic acids is 1. The summed E-state index contributed by atoms with van der Waals surface area (Å²) in [6, 6.07) is 8.66. The molecular formula is C17H18N4O5S. The van der Waals surface area contributed by atoms with Crippen molar-refractivity contribution in [3.63, 3.8) is 0 Å². The first kappa shape index (κ1) is 18.8. The highest BCUT2D eigenvalue weighted by molar-refractivity contribution is 7.99. The molecule has 1 aromatic carbocycles. The Hall–Kier alpha value is -3.01. The number of aromatic nitrogens is 4. The van der Waals surface area contributed by atoms with Crippen molar-refractivity contribution in [2.45, 2.75) is 17.3 Å². The number of benzene rings is 1. The van der Waals surface area contributed by atoms with Gasteiger partial charge in [0.25, 0.3) is 0 Å². The number of furan rings is 1. The maximum Gasteiger partial charge on any atom is 0.373 e. The molecule has 1 atom stereocenters. The minimum Gasteiger partial charge on any atom is -0.497 e. The van der Waals surface area contributed by atoms with Crippen LogP contribution in [0.1, 0.15) is 28.5 Å². The zero-order valence-electron chi connectivity index (χ0n) is 15.2. The lowest BCUT2D eigenvalue weighted by Gasteiger charge is -2.12. The summed E-state index contributed by atoms with van der Waals surface area (Å²) < 4.78 is 22.5. The van der Waals surface area contributed by atoms with Crippen LogP contribution in [0.4, 0.5) is 0 Å². The Morgan fingerprint density at radius 1 is 1.19 bits per heavy atom. The van der Waals surface area contributed by atoms with Gasteiger partial charge < -0.3 is 18.6 Å². The molecule has 0 aliphatic heterocycles. The number of nitrogens with zero attached hydrogens (tertiary/aromatic N) is 4. The van der Waals surface area contributed by atoms with Gasteiger partial charge >= 0.3 is 5.97 Å². The molecule has 2 heterocycles. The van der Waals surface area contributed by atoms with E-state index in [2.05, 4.69) is 20.3 Å². The largest absolute Gasteiger partial charge is 0.497 e. The molecule has 3 aromatic rings. The van der Waals surface area contributed by atoms with Crippen LogP contribution in [-0.4, -0.2) is 47.5 Å². The molecule has 0 saturated carbocycles. The number of hydrogen-bond donors (Lipinski definition) is 0. The van der Waals surface area contributed by atoms with Crippen LogP contribution in [0.15, 0.2) is 39.9 Å². The molecule has 1 unspecified atom stereocenters. The summed E-state index contributed by atoms with van der Waals surface area (Å²) in [6.07, 6.45) is 0. The zero-order valence-corrected chi connectivity index (χ0v) is 16.0. The van der Waals surface area contributed by atoms with E-state index in [1.54, 1.807) is 49.2 Å². The van der Waals surface area contributed by atoms with Gasteiger partial charge in [0.2, 0.25) is 10.9 Å². The van der Waals surface area contributed by atoms with Crippen molar-refractivity contribution in [2.24, 2.45) is 0 Å². The van der Waals surface area contributed by atoms with E-state index in [4.69, 9.17) is 13.9 Å². The highest BCUT2D eigenvalue weighted by Gasteiger charge is 2.21. The third kappa shape index (κ3) is 3.90. The van der Waals surface area contributed by atoms with Gasteiger partial charge in [-0.3, -0.25) is 0 Å². The van der Waals surface area contributed by atoms with Crippen molar-refractivity contribution in [3.8, 4) is 17.2 Å². The average Bonchev–Trinajstić information content (AvgIpc) is 3.36. The van der Waals surface area contributed by atoms with Gasteiger partial charge in [-0.15, -0.1) is 5.10 Å². The molecule has 142 valence electrons. The Morgan fingerprint density at radius 2 is 2.00 bits per heavy atom. The van der Waals surface area contributed by atoms with Crippen molar-refractivity contribution in [2.75, 3.05) is 21.3 Å². The Labute approximate surface area is 159 Å². The first-order chi connectivity index (χ1) is 13.1. The van der Waals surface area contributed by atoms with Gasteiger partial charge in [-0.25, -0.2) is 4.79 Å². The Morgan fingerprint density at radius 3 is 2.70 bits per heavy atom. The molecule has 9 nitrogen and oxygen atoms in total. The SMILES string of the molecule is COC(=O)c1ccc(C(C)Sc2nnnn2-c2cc(OC)ccc2OC)o1. The van der Waals surface area contributed by atoms with Crippen LogP contribution in [0, 0.1) is 0 Å². The number of rotatable bonds is 7. The fourth-order valence-corrected chi connectivity index (χ4v) is 3.24. The van der Waals surface area contributed by atoms with Crippen LogP contribution in [0.3, 0.4) is 0 Å². The van der Waals surface area contributed by atoms with Crippen molar-refractivity contribution in [1.29, 1.82) is 0 Å². The molecule has 3 rings (SSSR count). The number of methoxy groups -OCH3 is 3. The second-order valence-electron chi connectivity index (χ2n) is 5.36. The molecule has 0 saturated heterocycles. The van der Waals surface area contributed by atoms with Crippen molar-refractivity contribution >= 4 is 17.7 Å². The van der Waals surface area contributed by atoms with E-state index >= 15 is 0 Å². The fraction of sp³-hybridized carbons (Fsp3) is 0.294. The lowest BCUT2D eigenvalue weighted by atomic mass is 10.3. The predicted octanol–water partition coefficient (Wildman–Crippen LogP) is 2.91. The van der Waals surface area contributed by atoms with Crippen molar-refractivity contribution in [1.82, 2.24) is 20.2 Å². The van der Waals surface area contributed by atoms with Gasteiger partial charge in [-0.05, 0) is 41.6 Å². The quantitative estimate of drug-likeness (QED) is 0.445. The Bertz CT molecular complexity index is 939. The molecule has 0 aliphatic carbocycles. The summed E-state index contributed by atoms with van der Waals surface area (Å²) in [4.78, 5) is 11.6. The molecule has 0 spiro atoms. The number of tetrazole rings is 1. The van der Waals surface area contributed by atoms with E-state index in [-0.39, 0.29) is 11.0 Å². The number of thioether (sulfide) groups is 1. The predicted molar refractivity (Wildman–Crippen MR) is 96.6 cm³/mol. The monoisotopic (exact) mass is 390 g/mol. The smallest absolute Gasteiger partial charge is 0.373 e. The third-order valence-corrected chi connectivity index (χ3v) is 4.80. The molecule has 0 fully saturated rings. The normalized spacial score (nSPS) is 11.9. The summed E-state index contributed by atoms with van der Waals surface area (Å²) in [5.41, 5.74) is 0.645. The molecule has 0 radical (unpaired) electrons. The summed E-state index contributed by atoms with van der Waals surface area (Å²) >= 11 is 1.37. The van der Waals surface area contributed by atoms with Crippen LogP contribution in [0.2, 0.25) is 0 Å². The standard InChI is InChI=1S/C17H18N4O5S/c1-10(13-7-8-15(26-13)16(22)25-4)27-17-18-19-20-21(17)12-9-11(23-2)5-6-14(12)24-3/h5-10H,1-4H3. The van der Waals surface area contributed by atoms with Crippen LogP contribution >= 0.6 is 11.8 Å². The fourth-order valence-electron chi connectivity index (χ4n) is 2.36. The highest BCUT2D eigenvalue weighted by atomic mass is 32.2. The number of esters is 1. The topological polar surface area (TPSA) is 102 Å². The zero-order chi connectivity index (χ0) is 19.4. The summed E-state index contributed by atoms with van der Waals surface area (Å²) in [5, 5.41) is 12.3. The van der Waals surface area contributed by atoms with Gasteiger partial charge in [0, 0.05) is 6.07 Å². The molecule has 27 heavy (non-hydrogen) atoms. The van der Waals surface area contributed by atoms with Gasteiger partial charge in [-0.2, -0.15) is 4.68 Å². The van der Waals surface area contributed by atoms with Gasteiger partial charge in [0.15, 0.2) is 0 Å². The maximum absolute atomic E-state index is 11.6. The Balaban J connectivity index is 1.87. The lowest BCUT2D eigenvalue weighted by Crippen LogP contribution is -2.03. The highest BCUT2D eigenvalue weighted by Crippen LogP contribution is 2.37. The van der Waals surface area contributed by atoms with Crippen molar-refractivity contribution in [3.05, 3.63) is 41.9 Å². The second kappa shape index (κ2) is 8.12. The van der Waals surface area contributed by atoms with Gasteiger partial charge in [0.05, 0.1) is 26.6 Å². The van der Waals surface area contributed by atoms with Crippen LogP contribution in [-0.2, 0) is 4.74 Å². The van der Waals surface area contributed by atoms with Crippen LogP contribution < -0.4 is 9.47 Å². The van der Waals surface area contributed by atoms with Gasteiger partial charge in [0.1, 0.15) is 22.9 Å². The van der Waals surface area contributed by atoms with Crippen molar-refractivity contribution < 1.29 is 23.4 Å². The molecule has 2 aromatic heterocycles. The third-order valence-electron chi connectivity index (χ3n) is 3.75. The molecule has 0 aliphatic rings. The molecule has 0 bridgehead atoms. The minimum absolute atomic E-state index is 0.147. The second-order valence-corrected chi connectivity index (χ2v) is 6.67. The van der Waals surface area contributed by atoms with Gasteiger partial charge in [-0.1, -0.05) is 11.8 Å². The van der Waals surface area contributed by atoms with E-state index in [1.807, 2.05) is 6.92 Å². The first-order valence-corrected chi connectivity index (χ1v) is 8.80. The molecular weight excluding hydrogens is 372 g/mol.